The van der Waals surface area contributed by atoms with Gasteiger partial charge in [-0.25, -0.2) is 0 Å². The predicted molar refractivity (Wildman–Crippen MR) is 101 cm³/mol. The summed E-state index contributed by atoms with van der Waals surface area (Å²) in [6, 6.07) is 6.71. The topological polar surface area (TPSA) is 167 Å². The molecule has 0 bridgehead atoms. The Kier molecular flexibility index (Phi) is 16.4. The van der Waals surface area contributed by atoms with Crippen molar-refractivity contribution in [3.8, 4) is 34.5 Å². The van der Waals surface area contributed by atoms with E-state index in [1.165, 1.54) is 28.4 Å². The molecule has 168 valence electrons. The minimum atomic E-state index is -5.17. The van der Waals surface area contributed by atoms with E-state index < -0.39 is 10.4 Å². The molecule has 2 N–H and O–H groups in total. The molecule has 0 aromatic heterocycles. The molecule has 0 spiro atoms. The van der Waals surface area contributed by atoms with E-state index in [-0.39, 0.29) is 83.8 Å². The van der Waals surface area contributed by atoms with Gasteiger partial charge in [-0.3, -0.25) is 8.42 Å². The van der Waals surface area contributed by atoms with Crippen LogP contribution in [0.4, 0.5) is 0 Å². The molecule has 2 aromatic carbocycles. The van der Waals surface area contributed by atoms with E-state index in [9.17, 15) is 10.2 Å². The maximum atomic E-state index is 9.92. The Hall–Kier alpha value is -0.930. The van der Waals surface area contributed by atoms with Crippen molar-refractivity contribution in [3.63, 3.8) is 0 Å². The normalized spacial score (nSPS) is 9.94. The molecule has 0 saturated carbocycles. The van der Waals surface area contributed by atoms with Gasteiger partial charge >= 0.3 is 59.1 Å². The van der Waals surface area contributed by atoms with Crippen LogP contribution in [-0.2, 0) is 28.3 Å². The molecule has 0 radical (unpaired) electrons. The number of benzene rings is 2. The molecule has 0 aliphatic heterocycles. The zero-order valence-electron chi connectivity index (χ0n) is 18.7. The van der Waals surface area contributed by atoms with Crippen LogP contribution < -0.4 is 78.1 Å². The van der Waals surface area contributed by atoms with Crippen LogP contribution in [0.25, 0.3) is 0 Å². The summed E-state index contributed by atoms with van der Waals surface area (Å²) in [5.74, 6) is 1.14. The summed E-state index contributed by atoms with van der Waals surface area (Å²) in [5.41, 5.74) is 1.56. The summed E-state index contributed by atoms with van der Waals surface area (Å²) in [6.07, 6.45) is 0. The maximum Gasteiger partial charge on any atom is 1.00 e. The van der Waals surface area contributed by atoms with Gasteiger partial charge in [-0.1, -0.05) is 0 Å². The molecule has 0 aliphatic rings. The van der Waals surface area contributed by atoms with E-state index >= 15 is 0 Å². The third-order valence-electron chi connectivity index (χ3n) is 3.62. The van der Waals surface area contributed by atoms with Gasteiger partial charge in [0, 0.05) is 10.4 Å². The summed E-state index contributed by atoms with van der Waals surface area (Å²) < 4.78 is 60.3. The van der Waals surface area contributed by atoms with Crippen LogP contribution in [0.5, 0.6) is 34.5 Å². The van der Waals surface area contributed by atoms with E-state index in [4.69, 9.17) is 41.2 Å². The molecule has 2 aromatic rings. The van der Waals surface area contributed by atoms with Crippen molar-refractivity contribution in [3.05, 3.63) is 35.4 Å². The number of hydrogen-bond acceptors (Lipinski definition) is 11. The summed E-state index contributed by atoms with van der Waals surface area (Å²) in [7, 11) is 0.699. The second-order valence-corrected chi connectivity index (χ2v) is 6.42. The molecule has 0 aliphatic carbocycles. The third-order valence-corrected chi connectivity index (χ3v) is 3.62. The van der Waals surface area contributed by atoms with Gasteiger partial charge in [0.15, 0.2) is 23.0 Å². The Morgan fingerprint density at radius 1 is 0.688 bits per heavy atom. The first-order valence-corrected chi connectivity index (χ1v) is 9.49. The fraction of sp³-hybridized carbons (Fsp3) is 0.333. The average molecular weight is 492 g/mol. The van der Waals surface area contributed by atoms with Gasteiger partial charge in [-0.05, 0) is 35.4 Å². The smallest absolute Gasteiger partial charge is 0.759 e. The number of rotatable bonds is 8. The number of phenols is 2. The molecule has 0 amide bonds. The fourth-order valence-electron chi connectivity index (χ4n) is 2.35. The van der Waals surface area contributed by atoms with Crippen LogP contribution in [0.3, 0.4) is 0 Å². The molecular weight excluding hydrogens is 470 g/mol. The SMILES string of the molecule is COc1cc(COCc2cc(OC)c(O)c(OC)c2)cc(OC)c1O.O=S(=O)([O-])[O-].[Na+].[Na+]. The van der Waals surface area contributed by atoms with Crippen molar-refractivity contribution in [1.82, 2.24) is 0 Å². The monoisotopic (exact) mass is 492 g/mol. The van der Waals surface area contributed by atoms with Gasteiger partial charge in [0.05, 0.1) is 41.7 Å². The van der Waals surface area contributed by atoms with E-state index in [0.29, 0.717) is 23.0 Å². The molecule has 14 heteroatoms. The number of aromatic hydroxyl groups is 2. The van der Waals surface area contributed by atoms with Crippen LogP contribution in [-0.4, -0.2) is 56.2 Å². The standard InChI is InChI=1S/C18H22O7.2Na.H2O4S/c1-21-13-5-11(6-14(22-2)17(13)19)9-25-10-12-7-15(23-3)18(20)16(8-12)24-4;;;1-5(2,3)4/h5-8,19-20H,9-10H2,1-4H3;;;(H2,1,2,3,4)/q;2*+1;/p-2. The van der Waals surface area contributed by atoms with Crippen LogP contribution in [0.1, 0.15) is 11.1 Å². The Balaban J connectivity index is 0. The second kappa shape index (κ2) is 15.8. The Bertz CT molecular complexity index is 832. The van der Waals surface area contributed by atoms with Crippen LogP contribution in [0.15, 0.2) is 24.3 Å². The zero-order valence-corrected chi connectivity index (χ0v) is 23.5. The summed E-state index contributed by atoms with van der Waals surface area (Å²) >= 11 is 0. The van der Waals surface area contributed by atoms with E-state index in [0.717, 1.165) is 11.1 Å². The second-order valence-electron chi connectivity index (χ2n) is 5.60. The molecular formula is C18H22Na2O11S. The first-order valence-electron chi connectivity index (χ1n) is 8.16. The Labute approximate surface area is 230 Å². The number of methoxy groups -OCH3 is 4. The molecule has 0 unspecified atom stereocenters. The van der Waals surface area contributed by atoms with E-state index in [1.54, 1.807) is 24.3 Å². The first kappa shape index (κ1) is 33.2. The van der Waals surface area contributed by atoms with Crippen molar-refractivity contribution in [2.75, 3.05) is 28.4 Å². The van der Waals surface area contributed by atoms with Gasteiger partial charge in [0.25, 0.3) is 0 Å². The quantitative estimate of drug-likeness (QED) is 0.207. The van der Waals surface area contributed by atoms with Crippen molar-refractivity contribution in [2.24, 2.45) is 0 Å². The van der Waals surface area contributed by atoms with Gasteiger partial charge in [0.1, 0.15) is 0 Å². The number of ether oxygens (including phenoxy) is 5. The van der Waals surface area contributed by atoms with Gasteiger partial charge < -0.3 is 43.0 Å². The fourth-order valence-corrected chi connectivity index (χ4v) is 2.35. The Morgan fingerprint density at radius 3 is 1.09 bits per heavy atom. The van der Waals surface area contributed by atoms with E-state index in [1.807, 2.05) is 0 Å². The minimum Gasteiger partial charge on any atom is -0.759 e. The summed E-state index contributed by atoms with van der Waals surface area (Å²) in [5, 5.41) is 19.8. The van der Waals surface area contributed by atoms with Gasteiger partial charge in [0.2, 0.25) is 11.5 Å². The molecule has 2 rings (SSSR count). The summed E-state index contributed by atoms with van der Waals surface area (Å²) in [4.78, 5) is 0. The van der Waals surface area contributed by atoms with Crippen molar-refractivity contribution >= 4 is 10.4 Å². The van der Waals surface area contributed by atoms with Gasteiger partial charge in [-0.15, -0.1) is 0 Å². The average Bonchev–Trinajstić information content (AvgIpc) is 2.68. The molecule has 0 atom stereocenters. The van der Waals surface area contributed by atoms with Crippen LogP contribution in [0.2, 0.25) is 0 Å². The predicted octanol–water partition coefficient (Wildman–Crippen LogP) is -4.48. The van der Waals surface area contributed by atoms with Crippen LogP contribution >= 0.6 is 0 Å². The number of hydrogen-bond donors (Lipinski definition) is 2. The Morgan fingerprint density at radius 2 is 0.906 bits per heavy atom. The number of phenolic OH excluding ortho intramolecular Hbond substituents is 2. The third kappa shape index (κ3) is 11.3. The zero-order chi connectivity index (χ0) is 22.9. The molecule has 0 saturated heterocycles. The minimum absolute atomic E-state index is 0. The molecule has 0 heterocycles. The first-order chi connectivity index (χ1) is 14.0. The van der Waals surface area contributed by atoms with Crippen LogP contribution in [0, 0.1) is 0 Å². The largest absolute Gasteiger partial charge is 1.00 e. The van der Waals surface area contributed by atoms with Crippen molar-refractivity contribution in [1.29, 1.82) is 0 Å². The maximum absolute atomic E-state index is 9.92. The van der Waals surface area contributed by atoms with Crippen molar-refractivity contribution < 1.29 is 111 Å². The van der Waals surface area contributed by atoms with E-state index in [2.05, 4.69) is 0 Å². The molecule has 0 fully saturated rings. The molecule has 32 heavy (non-hydrogen) atoms. The van der Waals surface area contributed by atoms with Gasteiger partial charge in [-0.2, -0.15) is 0 Å². The molecule has 11 nitrogen and oxygen atoms in total. The summed E-state index contributed by atoms with van der Waals surface area (Å²) in [6.45, 7) is 0.553. The van der Waals surface area contributed by atoms with Crippen molar-refractivity contribution in [2.45, 2.75) is 13.2 Å².